The molecule has 0 bridgehead atoms. The summed E-state index contributed by atoms with van der Waals surface area (Å²) in [5, 5.41) is 3.08. The molecular formula is C6H14FN. The molecule has 0 amide bonds. The zero-order valence-corrected chi connectivity index (χ0v) is 4.28. The van der Waals surface area contributed by atoms with Crippen LogP contribution in [-0.2, 0) is 0 Å². The molecule has 1 fully saturated rings. The van der Waals surface area contributed by atoms with Crippen molar-refractivity contribution in [1.82, 2.24) is 5.32 Å². The maximum Gasteiger partial charge on any atom is 0.103 e. The predicted molar refractivity (Wildman–Crippen MR) is 33.7 cm³/mol. The highest BCUT2D eigenvalue weighted by molar-refractivity contribution is 4.65. The molecule has 8 heavy (non-hydrogen) atoms. The normalized spacial score (nSPS) is 22.1. The molecule has 50 valence electrons. The molecule has 1 aliphatic rings. The fourth-order valence-electron chi connectivity index (χ4n) is 0.787. The lowest BCUT2D eigenvalue weighted by Gasteiger charge is -2.14. The second-order valence-corrected chi connectivity index (χ2v) is 1.92. The third-order valence-corrected chi connectivity index (χ3v) is 1.27. The minimum atomic E-state index is -0.527. The van der Waals surface area contributed by atoms with E-state index in [1.54, 1.807) is 0 Å². The van der Waals surface area contributed by atoms with Crippen LogP contribution in [0.25, 0.3) is 0 Å². The molecule has 1 N–H and O–H groups in total. The Morgan fingerprint density at radius 2 is 1.75 bits per heavy atom. The molecule has 1 aliphatic heterocycles. The lowest BCUT2D eigenvalue weighted by atomic mass is 10.1. The summed E-state index contributed by atoms with van der Waals surface area (Å²) in [7, 11) is 0. The van der Waals surface area contributed by atoms with Gasteiger partial charge >= 0.3 is 0 Å². The molecular weight excluding hydrogens is 105 g/mol. The lowest BCUT2D eigenvalue weighted by molar-refractivity contribution is 0.262. The van der Waals surface area contributed by atoms with Gasteiger partial charge in [-0.2, -0.15) is 0 Å². The lowest BCUT2D eigenvalue weighted by Crippen LogP contribution is -2.28. The van der Waals surface area contributed by atoms with Crippen LogP contribution < -0.4 is 5.32 Å². The minimum Gasteiger partial charge on any atom is -0.317 e. The van der Waals surface area contributed by atoms with Crippen LogP contribution in [0.5, 0.6) is 0 Å². The highest BCUT2D eigenvalue weighted by Gasteiger charge is 2.09. The van der Waals surface area contributed by atoms with E-state index in [4.69, 9.17) is 0 Å². The Hall–Kier alpha value is -0.110. The zero-order valence-electron chi connectivity index (χ0n) is 4.28. The monoisotopic (exact) mass is 119 g/mol. The van der Waals surface area contributed by atoms with Crippen LogP contribution in [0.15, 0.2) is 0 Å². The van der Waals surface area contributed by atoms with Gasteiger partial charge in [-0.1, -0.05) is 7.43 Å². The summed E-state index contributed by atoms with van der Waals surface area (Å²) < 4.78 is 12.1. The third-order valence-electron chi connectivity index (χ3n) is 1.27. The van der Waals surface area contributed by atoms with Crippen LogP contribution in [0.4, 0.5) is 4.39 Å². The summed E-state index contributed by atoms with van der Waals surface area (Å²) in [6.07, 6.45) is 0.890. The van der Waals surface area contributed by atoms with Crippen LogP contribution in [-0.4, -0.2) is 19.3 Å². The Bertz CT molecular complexity index is 50.5. The van der Waals surface area contributed by atoms with Crippen LogP contribution in [0.1, 0.15) is 20.3 Å². The summed E-state index contributed by atoms with van der Waals surface area (Å²) >= 11 is 0. The van der Waals surface area contributed by atoms with E-state index in [1.807, 2.05) is 0 Å². The highest BCUT2D eigenvalue weighted by atomic mass is 19.1. The zero-order chi connectivity index (χ0) is 5.11. The molecule has 0 aromatic rings. The van der Waals surface area contributed by atoms with Crippen molar-refractivity contribution in [1.29, 1.82) is 0 Å². The van der Waals surface area contributed by atoms with Crippen molar-refractivity contribution in [2.45, 2.75) is 26.4 Å². The van der Waals surface area contributed by atoms with E-state index < -0.39 is 6.17 Å². The molecule has 0 aliphatic carbocycles. The molecule has 1 saturated heterocycles. The Labute approximate surface area is 50.3 Å². The van der Waals surface area contributed by atoms with Gasteiger partial charge in [-0.05, 0) is 25.9 Å². The van der Waals surface area contributed by atoms with E-state index in [1.165, 1.54) is 0 Å². The maximum atomic E-state index is 12.1. The van der Waals surface area contributed by atoms with Gasteiger partial charge in [0.2, 0.25) is 0 Å². The van der Waals surface area contributed by atoms with Gasteiger partial charge in [-0.15, -0.1) is 0 Å². The molecule has 0 aromatic carbocycles. The third kappa shape index (κ3) is 2.26. The SMILES string of the molecule is C.FC1CCNCC1. The first-order valence-corrected chi connectivity index (χ1v) is 2.74. The number of alkyl halides is 1. The van der Waals surface area contributed by atoms with E-state index in [0.29, 0.717) is 12.8 Å². The van der Waals surface area contributed by atoms with Crippen LogP contribution in [0.2, 0.25) is 0 Å². The number of hydrogen-bond donors (Lipinski definition) is 1. The average molecular weight is 119 g/mol. The van der Waals surface area contributed by atoms with Crippen molar-refractivity contribution < 1.29 is 4.39 Å². The van der Waals surface area contributed by atoms with Gasteiger partial charge in [0.15, 0.2) is 0 Å². The molecule has 1 rings (SSSR count). The van der Waals surface area contributed by atoms with Gasteiger partial charge in [0.25, 0.3) is 0 Å². The molecule has 0 saturated carbocycles. The number of nitrogens with one attached hydrogen (secondary N) is 1. The van der Waals surface area contributed by atoms with E-state index in [0.717, 1.165) is 13.1 Å². The van der Waals surface area contributed by atoms with E-state index >= 15 is 0 Å². The summed E-state index contributed by atoms with van der Waals surface area (Å²) in [6.45, 7) is 1.72. The molecule has 2 heteroatoms. The topological polar surface area (TPSA) is 12.0 Å². The van der Waals surface area contributed by atoms with Crippen LogP contribution in [0, 0.1) is 0 Å². The van der Waals surface area contributed by atoms with Gasteiger partial charge in [-0.3, -0.25) is 0 Å². The predicted octanol–water partition coefficient (Wildman–Crippen LogP) is 1.34. The van der Waals surface area contributed by atoms with Crippen molar-refractivity contribution in [2.75, 3.05) is 13.1 Å². The maximum absolute atomic E-state index is 12.1. The van der Waals surface area contributed by atoms with Crippen LogP contribution in [0.3, 0.4) is 0 Å². The minimum absolute atomic E-state index is 0. The molecule has 0 spiro atoms. The second-order valence-electron chi connectivity index (χ2n) is 1.92. The standard InChI is InChI=1S/C5H10FN.CH4/c6-5-1-3-7-4-2-5;/h5,7H,1-4H2;1H4. The summed E-state index contributed by atoms with van der Waals surface area (Å²) in [5.41, 5.74) is 0. The Morgan fingerprint density at radius 1 is 1.25 bits per heavy atom. The Morgan fingerprint density at radius 3 is 2.00 bits per heavy atom. The first kappa shape index (κ1) is 7.89. The quantitative estimate of drug-likeness (QED) is 0.507. The first-order valence-electron chi connectivity index (χ1n) is 2.74. The smallest absolute Gasteiger partial charge is 0.103 e. The van der Waals surface area contributed by atoms with Gasteiger partial charge in [-0.25, -0.2) is 4.39 Å². The number of piperidine rings is 1. The van der Waals surface area contributed by atoms with Crippen molar-refractivity contribution in [3.63, 3.8) is 0 Å². The van der Waals surface area contributed by atoms with Gasteiger partial charge in [0, 0.05) is 0 Å². The number of halogens is 1. The second kappa shape index (κ2) is 3.84. The van der Waals surface area contributed by atoms with E-state index in [-0.39, 0.29) is 7.43 Å². The molecule has 1 nitrogen and oxygen atoms in total. The molecule has 0 radical (unpaired) electrons. The Kier molecular flexibility index (Phi) is 3.79. The van der Waals surface area contributed by atoms with Crippen molar-refractivity contribution in [2.24, 2.45) is 0 Å². The number of rotatable bonds is 0. The van der Waals surface area contributed by atoms with Gasteiger partial charge in [0.1, 0.15) is 6.17 Å². The average Bonchev–Trinajstić information content (AvgIpc) is 1.69. The molecule has 0 atom stereocenters. The van der Waals surface area contributed by atoms with Crippen molar-refractivity contribution >= 4 is 0 Å². The largest absolute Gasteiger partial charge is 0.317 e. The summed E-state index contributed by atoms with van der Waals surface area (Å²) in [6, 6.07) is 0. The summed E-state index contributed by atoms with van der Waals surface area (Å²) in [5.74, 6) is 0. The van der Waals surface area contributed by atoms with Crippen molar-refractivity contribution in [3.05, 3.63) is 0 Å². The summed E-state index contributed by atoms with van der Waals surface area (Å²) in [4.78, 5) is 0. The van der Waals surface area contributed by atoms with E-state index in [9.17, 15) is 4.39 Å². The van der Waals surface area contributed by atoms with Crippen LogP contribution >= 0.6 is 0 Å². The highest BCUT2D eigenvalue weighted by Crippen LogP contribution is 2.04. The molecule has 1 heterocycles. The number of hydrogen-bond acceptors (Lipinski definition) is 1. The Balaban J connectivity index is 0.000000490. The molecule has 0 unspecified atom stereocenters. The fourth-order valence-corrected chi connectivity index (χ4v) is 0.787. The van der Waals surface area contributed by atoms with E-state index in [2.05, 4.69) is 5.32 Å². The fraction of sp³-hybridized carbons (Fsp3) is 1.00. The first-order chi connectivity index (χ1) is 3.39. The van der Waals surface area contributed by atoms with Gasteiger partial charge < -0.3 is 5.32 Å². The van der Waals surface area contributed by atoms with Crippen molar-refractivity contribution in [3.8, 4) is 0 Å². The van der Waals surface area contributed by atoms with Gasteiger partial charge in [0.05, 0.1) is 0 Å². The molecule has 0 aromatic heterocycles.